The van der Waals surface area contributed by atoms with Crippen molar-refractivity contribution < 1.29 is 47.7 Å². The van der Waals surface area contributed by atoms with Crippen LogP contribution in [0.25, 0.3) is 0 Å². The van der Waals surface area contributed by atoms with E-state index in [1.807, 2.05) is 0 Å². The molecule has 2 heterocycles. The van der Waals surface area contributed by atoms with Gasteiger partial charge in [0, 0.05) is 18.7 Å². The Hall–Kier alpha value is -3.96. The van der Waals surface area contributed by atoms with Crippen LogP contribution in [0.15, 0.2) is 24.3 Å². The first-order valence-corrected chi connectivity index (χ1v) is 13.6. The highest BCUT2D eigenvalue weighted by Gasteiger charge is 2.39. The standard InChI is InChI=1S/C29H38N2O10/c1-28(2,3)40-26(36)30-15-7-9-20(30)24(34)38-17-22(32)18-11-13-19(14-12-18)23(33)39-25(35)21-10-8-16-31(21)27(37)41-29(4,5)6/h11-14,20-21H,7-10,15-17H2,1-6H3/t20-,21-/m0/s1. The first kappa shape index (κ1) is 31.6. The SMILES string of the molecule is CC(C)(C)OC(=O)N1CCC[C@H]1C(=O)OCC(=O)c1ccc(C(=O)OC(=O)[C@@H]2CCCN2C(=O)OC(C)(C)C)cc1. The average molecular weight is 575 g/mol. The van der Waals surface area contributed by atoms with Gasteiger partial charge < -0.3 is 18.9 Å². The van der Waals surface area contributed by atoms with Crippen LogP contribution in [0.2, 0.25) is 0 Å². The fourth-order valence-corrected chi connectivity index (χ4v) is 4.43. The first-order chi connectivity index (χ1) is 19.1. The van der Waals surface area contributed by atoms with E-state index >= 15 is 0 Å². The Bertz CT molecular complexity index is 1180. The molecule has 2 amide bonds. The molecule has 0 radical (unpaired) electrons. The second-order valence-corrected chi connectivity index (χ2v) is 12.0. The van der Waals surface area contributed by atoms with E-state index in [2.05, 4.69) is 0 Å². The molecule has 41 heavy (non-hydrogen) atoms. The fraction of sp³-hybridized carbons (Fsp3) is 0.586. The summed E-state index contributed by atoms with van der Waals surface area (Å²) in [5.74, 6) is -3.01. The van der Waals surface area contributed by atoms with Gasteiger partial charge in [-0.1, -0.05) is 12.1 Å². The zero-order chi connectivity index (χ0) is 30.5. The van der Waals surface area contributed by atoms with Gasteiger partial charge in [0.2, 0.25) is 0 Å². The molecule has 2 saturated heterocycles. The quantitative estimate of drug-likeness (QED) is 0.212. The second kappa shape index (κ2) is 12.7. The average Bonchev–Trinajstić information content (AvgIpc) is 3.55. The van der Waals surface area contributed by atoms with Gasteiger partial charge >= 0.3 is 30.1 Å². The van der Waals surface area contributed by atoms with Gasteiger partial charge in [-0.25, -0.2) is 24.0 Å². The minimum absolute atomic E-state index is 0.0210. The van der Waals surface area contributed by atoms with Crippen LogP contribution in [0.1, 0.15) is 87.9 Å². The molecule has 224 valence electrons. The van der Waals surface area contributed by atoms with Crippen LogP contribution in [-0.4, -0.2) is 88.7 Å². The van der Waals surface area contributed by atoms with Crippen LogP contribution in [-0.2, 0) is 28.5 Å². The predicted molar refractivity (Wildman–Crippen MR) is 144 cm³/mol. The van der Waals surface area contributed by atoms with Crippen molar-refractivity contribution in [2.24, 2.45) is 0 Å². The monoisotopic (exact) mass is 574 g/mol. The number of ketones is 1. The molecule has 2 fully saturated rings. The maximum Gasteiger partial charge on any atom is 0.411 e. The molecule has 0 bridgehead atoms. The second-order valence-electron chi connectivity index (χ2n) is 12.0. The highest BCUT2D eigenvalue weighted by molar-refractivity contribution is 6.01. The number of esters is 3. The van der Waals surface area contributed by atoms with E-state index in [4.69, 9.17) is 18.9 Å². The van der Waals surface area contributed by atoms with Gasteiger partial charge in [0.1, 0.15) is 23.3 Å². The summed E-state index contributed by atoms with van der Waals surface area (Å²) in [6.07, 6.45) is 0.640. The van der Waals surface area contributed by atoms with Gasteiger partial charge in [0.05, 0.1) is 5.56 Å². The van der Waals surface area contributed by atoms with E-state index in [1.54, 1.807) is 41.5 Å². The number of rotatable bonds is 6. The maximum atomic E-state index is 12.6. The molecule has 12 heteroatoms. The highest BCUT2D eigenvalue weighted by Crippen LogP contribution is 2.23. The Morgan fingerprint density at radius 2 is 1.15 bits per heavy atom. The van der Waals surface area contributed by atoms with Crippen molar-refractivity contribution in [1.29, 1.82) is 0 Å². The number of nitrogens with zero attached hydrogens (tertiary/aromatic N) is 2. The van der Waals surface area contributed by atoms with Crippen LogP contribution in [0.5, 0.6) is 0 Å². The molecule has 0 aromatic heterocycles. The van der Waals surface area contributed by atoms with Crippen LogP contribution >= 0.6 is 0 Å². The maximum absolute atomic E-state index is 12.6. The molecular weight excluding hydrogens is 536 g/mol. The van der Waals surface area contributed by atoms with Crippen LogP contribution < -0.4 is 0 Å². The number of Topliss-reactive ketones (excluding diaryl/α,β-unsaturated/α-hetero) is 1. The van der Waals surface area contributed by atoms with E-state index in [0.29, 0.717) is 38.8 Å². The Kier molecular flexibility index (Phi) is 9.77. The highest BCUT2D eigenvalue weighted by atomic mass is 16.6. The van der Waals surface area contributed by atoms with Crippen LogP contribution in [0.3, 0.4) is 0 Å². The van der Waals surface area contributed by atoms with Crippen molar-refractivity contribution >= 4 is 35.9 Å². The Balaban J connectivity index is 1.52. The van der Waals surface area contributed by atoms with Gasteiger partial charge in [-0.3, -0.25) is 14.6 Å². The van der Waals surface area contributed by atoms with Crippen molar-refractivity contribution in [1.82, 2.24) is 9.80 Å². The molecule has 2 aliphatic rings. The molecule has 0 N–H and O–H groups in total. The van der Waals surface area contributed by atoms with E-state index in [0.717, 1.165) is 0 Å². The summed E-state index contributed by atoms with van der Waals surface area (Å²) in [6, 6.07) is 3.55. The molecule has 0 unspecified atom stereocenters. The van der Waals surface area contributed by atoms with Crippen molar-refractivity contribution in [2.45, 2.75) is 90.5 Å². The fourth-order valence-electron chi connectivity index (χ4n) is 4.43. The third-order valence-corrected chi connectivity index (χ3v) is 6.29. The number of ether oxygens (including phenoxy) is 4. The zero-order valence-electron chi connectivity index (χ0n) is 24.4. The minimum Gasteiger partial charge on any atom is -0.456 e. The number of likely N-dealkylation sites (tertiary alicyclic amines) is 2. The number of amides is 2. The molecule has 1 aromatic carbocycles. The lowest BCUT2D eigenvalue weighted by atomic mass is 10.1. The summed E-state index contributed by atoms with van der Waals surface area (Å²) in [4.78, 5) is 77.8. The predicted octanol–water partition coefficient (Wildman–Crippen LogP) is 3.89. The minimum atomic E-state index is -0.935. The van der Waals surface area contributed by atoms with Gasteiger partial charge in [0.25, 0.3) is 0 Å². The summed E-state index contributed by atoms with van der Waals surface area (Å²) in [5, 5.41) is 0. The summed E-state index contributed by atoms with van der Waals surface area (Å²) in [5.41, 5.74) is -1.26. The van der Waals surface area contributed by atoms with Crippen LogP contribution in [0.4, 0.5) is 9.59 Å². The number of hydrogen-bond acceptors (Lipinski definition) is 10. The van der Waals surface area contributed by atoms with Crippen molar-refractivity contribution in [3.05, 3.63) is 35.4 Å². The Morgan fingerprint density at radius 3 is 1.61 bits per heavy atom. The van der Waals surface area contributed by atoms with E-state index in [9.17, 15) is 28.8 Å². The number of carbonyl (C=O) groups excluding carboxylic acids is 6. The molecule has 0 saturated carbocycles. The van der Waals surface area contributed by atoms with Crippen molar-refractivity contribution in [3.63, 3.8) is 0 Å². The van der Waals surface area contributed by atoms with Crippen molar-refractivity contribution in [2.75, 3.05) is 19.7 Å². The molecular formula is C29H38N2O10. The van der Waals surface area contributed by atoms with Gasteiger partial charge in [0.15, 0.2) is 12.4 Å². The third kappa shape index (κ3) is 8.76. The molecule has 3 rings (SSSR count). The molecule has 0 aliphatic carbocycles. The molecule has 2 atom stereocenters. The lowest BCUT2D eigenvalue weighted by molar-refractivity contribution is -0.147. The molecule has 2 aliphatic heterocycles. The zero-order valence-corrected chi connectivity index (χ0v) is 24.4. The smallest absolute Gasteiger partial charge is 0.411 e. The Labute approximate surface area is 239 Å². The summed E-state index contributed by atoms with van der Waals surface area (Å²) in [7, 11) is 0. The van der Waals surface area contributed by atoms with E-state index < -0.39 is 65.8 Å². The lowest BCUT2D eigenvalue weighted by Crippen LogP contribution is -2.44. The van der Waals surface area contributed by atoms with Gasteiger partial charge in [-0.15, -0.1) is 0 Å². The number of hydrogen-bond donors (Lipinski definition) is 0. The number of benzene rings is 1. The lowest BCUT2D eigenvalue weighted by Gasteiger charge is -2.27. The topological polar surface area (TPSA) is 146 Å². The summed E-state index contributed by atoms with van der Waals surface area (Å²) >= 11 is 0. The number of carbonyl (C=O) groups is 6. The van der Waals surface area contributed by atoms with E-state index in [-0.39, 0.29) is 11.1 Å². The normalized spacial score (nSPS) is 19.0. The van der Waals surface area contributed by atoms with Crippen molar-refractivity contribution in [3.8, 4) is 0 Å². The summed E-state index contributed by atoms with van der Waals surface area (Å²) in [6.45, 7) is 10.4. The molecule has 12 nitrogen and oxygen atoms in total. The largest absolute Gasteiger partial charge is 0.456 e. The van der Waals surface area contributed by atoms with Gasteiger partial charge in [-0.2, -0.15) is 0 Å². The third-order valence-electron chi connectivity index (χ3n) is 6.29. The molecule has 0 spiro atoms. The first-order valence-electron chi connectivity index (χ1n) is 13.6. The van der Waals surface area contributed by atoms with E-state index in [1.165, 1.54) is 34.1 Å². The Morgan fingerprint density at radius 1 is 0.707 bits per heavy atom. The van der Waals surface area contributed by atoms with Gasteiger partial charge in [-0.05, 0) is 79.4 Å². The molecule has 1 aromatic rings. The van der Waals surface area contributed by atoms with Crippen LogP contribution in [0, 0.1) is 0 Å². The summed E-state index contributed by atoms with van der Waals surface area (Å²) < 4.78 is 20.9.